The van der Waals surface area contributed by atoms with E-state index in [1.807, 2.05) is 38.1 Å². The highest BCUT2D eigenvalue weighted by molar-refractivity contribution is 7.75. The van der Waals surface area contributed by atoms with Crippen molar-refractivity contribution in [2.45, 2.75) is 13.8 Å². The number of phenols is 2. The number of phenolic OH excluding ortho intramolecular Hbond substituents is 2. The summed E-state index contributed by atoms with van der Waals surface area (Å²) in [6.45, 7) is 3.89. The molecule has 1 unspecified atom stereocenters. The van der Waals surface area contributed by atoms with Crippen LogP contribution in [-0.4, -0.2) is 10.2 Å². The van der Waals surface area contributed by atoms with Crippen molar-refractivity contribution in [3.05, 3.63) is 65.7 Å². The molecule has 1 atom stereocenters. The first-order chi connectivity index (χ1) is 11.9. The fourth-order valence-corrected chi connectivity index (χ4v) is 5.70. The van der Waals surface area contributed by atoms with Crippen LogP contribution in [0.3, 0.4) is 0 Å². The lowest BCUT2D eigenvalue weighted by atomic mass is 9.97. The third-order valence-electron chi connectivity index (χ3n) is 4.55. The second kappa shape index (κ2) is 5.40. The van der Waals surface area contributed by atoms with E-state index in [0.29, 0.717) is 11.1 Å². The van der Waals surface area contributed by atoms with Crippen LogP contribution in [-0.2, 0) is 4.57 Å². The summed E-state index contributed by atoms with van der Waals surface area (Å²) in [5, 5.41) is 20.8. The van der Waals surface area contributed by atoms with Crippen LogP contribution < -0.4 is 15.1 Å². The maximum absolute atomic E-state index is 14.0. The highest BCUT2D eigenvalue weighted by atomic mass is 31.2. The van der Waals surface area contributed by atoms with Gasteiger partial charge in [0.2, 0.25) is 0 Å². The third kappa shape index (κ3) is 2.25. The van der Waals surface area contributed by atoms with Crippen LogP contribution in [0.25, 0.3) is 11.1 Å². The molecule has 2 N–H and O–H groups in total. The number of aryl methyl sites for hydroxylation is 2. The minimum absolute atomic E-state index is 0.0733. The van der Waals surface area contributed by atoms with Crippen molar-refractivity contribution in [3.8, 4) is 28.4 Å². The molecule has 0 spiro atoms. The summed E-state index contributed by atoms with van der Waals surface area (Å²) in [6, 6.07) is 15.3. The van der Waals surface area contributed by atoms with Crippen LogP contribution >= 0.6 is 7.37 Å². The Hall–Kier alpha value is -2.71. The second-order valence-corrected chi connectivity index (χ2v) is 8.49. The molecule has 126 valence electrons. The Bertz CT molecular complexity index is 1060. The predicted molar refractivity (Wildman–Crippen MR) is 98.6 cm³/mol. The summed E-state index contributed by atoms with van der Waals surface area (Å²) in [6.07, 6.45) is 0. The van der Waals surface area contributed by atoms with Crippen molar-refractivity contribution in [2.75, 3.05) is 0 Å². The molecule has 25 heavy (non-hydrogen) atoms. The molecular weight excluding hydrogens is 335 g/mol. The van der Waals surface area contributed by atoms with Gasteiger partial charge in [0.05, 0.1) is 10.6 Å². The maximum atomic E-state index is 14.0. The molecule has 0 radical (unpaired) electrons. The summed E-state index contributed by atoms with van der Waals surface area (Å²) in [4.78, 5) is 0. The number of hydrogen-bond donors (Lipinski definition) is 2. The Morgan fingerprint density at radius 2 is 1.60 bits per heavy atom. The zero-order valence-electron chi connectivity index (χ0n) is 13.9. The lowest BCUT2D eigenvalue weighted by molar-refractivity contribution is 0.459. The zero-order chi connectivity index (χ0) is 17.8. The summed E-state index contributed by atoms with van der Waals surface area (Å²) in [5.41, 5.74) is 3.65. The molecule has 0 saturated heterocycles. The topological polar surface area (TPSA) is 66.8 Å². The van der Waals surface area contributed by atoms with Crippen LogP contribution in [0.1, 0.15) is 11.1 Å². The Labute approximate surface area is 145 Å². The highest BCUT2D eigenvalue weighted by Crippen LogP contribution is 2.56. The smallest absolute Gasteiger partial charge is 0.311 e. The average molecular weight is 352 g/mol. The van der Waals surface area contributed by atoms with Crippen LogP contribution in [0.2, 0.25) is 0 Å². The van der Waals surface area contributed by atoms with Crippen LogP contribution in [0, 0.1) is 13.8 Å². The number of fused-ring (bicyclic) bond motifs is 3. The first-order valence-corrected chi connectivity index (χ1v) is 9.56. The Kier molecular flexibility index (Phi) is 3.41. The largest absolute Gasteiger partial charge is 0.508 e. The van der Waals surface area contributed by atoms with E-state index in [9.17, 15) is 14.8 Å². The summed E-state index contributed by atoms with van der Waals surface area (Å²) < 4.78 is 20.0. The van der Waals surface area contributed by atoms with Gasteiger partial charge in [-0.2, -0.15) is 0 Å². The van der Waals surface area contributed by atoms with Gasteiger partial charge in [0, 0.05) is 11.1 Å². The van der Waals surface area contributed by atoms with E-state index in [1.165, 1.54) is 18.2 Å². The van der Waals surface area contributed by atoms with Crippen LogP contribution in [0.15, 0.2) is 54.6 Å². The second-order valence-electron chi connectivity index (χ2n) is 6.24. The molecule has 1 heterocycles. The van der Waals surface area contributed by atoms with Gasteiger partial charge in [-0.25, -0.2) is 0 Å². The first kappa shape index (κ1) is 15.8. The minimum atomic E-state index is -3.61. The maximum Gasteiger partial charge on any atom is 0.311 e. The summed E-state index contributed by atoms with van der Waals surface area (Å²) in [7, 11) is -3.61. The lowest BCUT2D eigenvalue weighted by Crippen LogP contribution is -2.26. The lowest BCUT2D eigenvalue weighted by Gasteiger charge is -2.31. The van der Waals surface area contributed by atoms with E-state index in [0.717, 1.165) is 22.3 Å². The van der Waals surface area contributed by atoms with Gasteiger partial charge in [-0.05, 0) is 49.2 Å². The Balaban J connectivity index is 2.09. The van der Waals surface area contributed by atoms with Gasteiger partial charge in [-0.3, -0.25) is 4.57 Å². The number of aromatic hydroxyl groups is 2. The van der Waals surface area contributed by atoms with E-state index in [-0.39, 0.29) is 16.8 Å². The molecule has 1 aliphatic rings. The fourth-order valence-electron chi connectivity index (χ4n) is 3.28. The SMILES string of the molecule is Cc1ccc(C)c2c1OP(=O)(c1cc(O)ccc1O)c1ccccc1-2. The molecule has 0 fully saturated rings. The number of rotatable bonds is 1. The number of benzene rings is 3. The van der Waals surface area contributed by atoms with Crippen molar-refractivity contribution >= 4 is 18.0 Å². The molecule has 0 saturated carbocycles. The molecule has 4 nitrogen and oxygen atoms in total. The minimum Gasteiger partial charge on any atom is -0.508 e. The predicted octanol–water partition coefficient (Wildman–Crippen LogP) is 4.00. The van der Waals surface area contributed by atoms with Crippen LogP contribution in [0.5, 0.6) is 17.2 Å². The van der Waals surface area contributed by atoms with Crippen molar-refractivity contribution in [3.63, 3.8) is 0 Å². The molecule has 3 aromatic carbocycles. The van der Waals surface area contributed by atoms with E-state index in [2.05, 4.69) is 0 Å². The standard InChI is InChI=1S/C20H17O4P/c1-12-7-8-13(2)20-19(12)15-5-3-4-6-17(15)25(23,24-20)18-11-14(21)9-10-16(18)22/h3-11,21-22H,1-2H3. The van der Waals surface area contributed by atoms with Crippen molar-refractivity contribution in [1.82, 2.24) is 0 Å². The van der Waals surface area contributed by atoms with Gasteiger partial charge in [0.15, 0.2) is 0 Å². The summed E-state index contributed by atoms with van der Waals surface area (Å²) >= 11 is 0. The van der Waals surface area contributed by atoms with Gasteiger partial charge in [-0.15, -0.1) is 0 Å². The normalized spacial score (nSPS) is 18.2. The quantitative estimate of drug-likeness (QED) is 0.513. The zero-order valence-corrected chi connectivity index (χ0v) is 14.7. The first-order valence-electron chi connectivity index (χ1n) is 7.94. The Morgan fingerprint density at radius 1 is 0.880 bits per heavy atom. The fraction of sp³-hybridized carbons (Fsp3) is 0.100. The van der Waals surface area contributed by atoms with E-state index in [4.69, 9.17) is 4.52 Å². The molecule has 0 aromatic heterocycles. The van der Waals surface area contributed by atoms with Gasteiger partial charge >= 0.3 is 7.37 Å². The molecule has 0 amide bonds. The van der Waals surface area contributed by atoms with Gasteiger partial charge in [-0.1, -0.05) is 30.3 Å². The van der Waals surface area contributed by atoms with Crippen molar-refractivity contribution in [1.29, 1.82) is 0 Å². The number of hydrogen-bond acceptors (Lipinski definition) is 4. The van der Waals surface area contributed by atoms with Crippen molar-refractivity contribution in [2.24, 2.45) is 0 Å². The molecule has 3 aromatic rings. The van der Waals surface area contributed by atoms with E-state index >= 15 is 0 Å². The molecule has 0 bridgehead atoms. The van der Waals surface area contributed by atoms with Gasteiger partial charge < -0.3 is 14.7 Å². The summed E-state index contributed by atoms with van der Waals surface area (Å²) in [5.74, 6) is 0.324. The molecular formula is C20H17O4P. The molecule has 4 rings (SSSR count). The van der Waals surface area contributed by atoms with Crippen LogP contribution in [0.4, 0.5) is 0 Å². The van der Waals surface area contributed by atoms with E-state index < -0.39 is 7.37 Å². The monoisotopic (exact) mass is 352 g/mol. The molecule has 0 aliphatic carbocycles. The molecule has 1 aliphatic heterocycles. The van der Waals surface area contributed by atoms with Gasteiger partial charge in [0.25, 0.3) is 0 Å². The van der Waals surface area contributed by atoms with Crippen molar-refractivity contribution < 1.29 is 19.3 Å². The highest BCUT2D eigenvalue weighted by Gasteiger charge is 2.40. The third-order valence-corrected chi connectivity index (χ3v) is 7.01. The van der Waals surface area contributed by atoms with Gasteiger partial charge in [0.1, 0.15) is 17.2 Å². The molecule has 5 heteroatoms. The van der Waals surface area contributed by atoms with E-state index in [1.54, 1.807) is 12.1 Å². The Morgan fingerprint density at radius 3 is 2.40 bits per heavy atom. The average Bonchev–Trinajstić information content (AvgIpc) is 2.60.